The van der Waals surface area contributed by atoms with E-state index in [0.717, 1.165) is 4.47 Å². The van der Waals surface area contributed by atoms with Crippen molar-refractivity contribution in [3.63, 3.8) is 0 Å². The number of rotatable bonds is 0. The maximum absolute atomic E-state index is 3.58. The minimum atomic E-state index is 0. The summed E-state index contributed by atoms with van der Waals surface area (Å²) in [5.74, 6) is 0. The first-order valence-corrected chi connectivity index (χ1v) is 5.71. The molecular formula is C14H10BrFMg. The van der Waals surface area contributed by atoms with E-state index >= 15 is 0 Å². The fraction of sp³-hybridized carbons (Fsp3) is 0. The molecule has 3 heteroatoms. The number of benzene rings is 3. The van der Waals surface area contributed by atoms with Gasteiger partial charge in [-0.3, -0.25) is 4.70 Å². The van der Waals surface area contributed by atoms with E-state index in [-0.39, 0.29) is 27.8 Å². The van der Waals surface area contributed by atoms with Crippen LogP contribution >= 0.6 is 15.9 Å². The number of hydrogen-bond acceptors (Lipinski definition) is 0. The van der Waals surface area contributed by atoms with Crippen LogP contribution in [0.5, 0.6) is 0 Å². The van der Waals surface area contributed by atoms with Crippen LogP contribution in [-0.2, 0) is 0 Å². The first-order chi connectivity index (χ1) is 7.34. The van der Waals surface area contributed by atoms with Crippen LogP contribution in [0.2, 0.25) is 0 Å². The van der Waals surface area contributed by atoms with Crippen molar-refractivity contribution >= 4 is 60.5 Å². The van der Waals surface area contributed by atoms with Gasteiger partial charge in [0, 0.05) is 27.5 Å². The Morgan fingerprint density at radius 2 is 1.29 bits per heavy atom. The molecule has 0 aromatic heterocycles. The summed E-state index contributed by atoms with van der Waals surface area (Å²) in [6, 6.07) is 19.2. The molecule has 0 amide bonds. The SMILES string of the molecule is Brc1cccc2cc3ccccc3cc12.F.[Mg]. The van der Waals surface area contributed by atoms with Crippen LogP contribution in [0, 0.1) is 0 Å². The average Bonchev–Trinajstić information content (AvgIpc) is 2.27. The summed E-state index contributed by atoms with van der Waals surface area (Å²) in [6.07, 6.45) is 0. The van der Waals surface area contributed by atoms with Gasteiger partial charge in [0.1, 0.15) is 0 Å². The second-order valence-corrected chi connectivity index (χ2v) is 4.51. The van der Waals surface area contributed by atoms with Gasteiger partial charge in [-0.25, -0.2) is 0 Å². The van der Waals surface area contributed by atoms with E-state index < -0.39 is 0 Å². The van der Waals surface area contributed by atoms with Crippen LogP contribution < -0.4 is 0 Å². The molecule has 2 radical (unpaired) electrons. The van der Waals surface area contributed by atoms with Crippen molar-refractivity contribution in [3.05, 3.63) is 59.1 Å². The van der Waals surface area contributed by atoms with Gasteiger partial charge >= 0.3 is 0 Å². The Bertz CT molecular complexity index is 652. The molecule has 82 valence electrons. The van der Waals surface area contributed by atoms with Crippen LogP contribution in [0.1, 0.15) is 0 Å². The fourth-order valence-corrected chi connectivity index (χ4v) is 2.42. The Hall–Kier alpha value is -0.644. The summed E-state index contributed by atoms with van der Waals surface area (Å²) in [5, 5.41) is 5.14. The Morgan fingerprint density at radius 1 is 0.706 bits per heavy atom. The smallest absolute Gasteiger partial charge is 0.0253 e. The first kappa shape index (κ1) is 14.4. The van der Waals surface area contributed by atoms with E-state index in [1.807, 2.05) is 0 Å². The highest BCUT2D eigenvalue weighted by Crippen LogP contribution is 2.28. The van der Waals surface area contributed by atoms with Crippen molar-refractivity contribution < 1.29 is 4.70 Å². The van der Waals surface area contributed by atoms with Crippen LogP contribution in [0.25, 0.3) is 21.5 Å². The molecule has 0 heterocycles. The van der Waals surface area contributed by atoms with E-state index in [1.165, 1.54) is 21.5 Å². The van der Waals surface area contributed by atoms with Crippen LogP contribution in [0.15, 0.2) is 59.1 Å². The normalized spacial score (nSPS) is 9.71. The third-order valence-corrected chi connectivity index (χ3v) is 3.38. The molecule has 0 fully saturated rings. The van der Waals surface area contributed by atoms with Crippen molar-refractivity contribution in [2.24, 2.45) is 0 Å². The van der Waals surface area contributed by atoms with Gasteiger partial charge in [-0.2, -0.15) is 0 Å². The summed E-state index contributed by atoms with van der Waals surface area (Å²) in [6.45, 7) is 0. The molecule has 3 aromatic rings. The molecule has 0 unspecified atom stereocenters. The van der Waals surface area contributed by atoms with Crippen molar-refractivity contribution in [3.8, 4) is 0 Å². The van der Waals surface area contributed by atoms with E-state index in [0.29, 0.717) is 0 Å². The lowest BCUT2D eigenvalue weighted by Gasteiger charge is -2.03. The molecule has 0 bridgehead atoms. The van der Waals surface area contributed by atoms with E-state index in [2.05, 4.69) is 70.5 Å². The summed E-state index contributed by atoms with van der Waals surface area (Å²) in [5.41, 5.74) is 0. The number of hydrogen-bond donors (Lipinski definition) is 0. The van der Waals surface area contributed by atoms with Crippen LogP contribution in [0.3, 0.4) is 0 Å². The molecule has 0 N–H and O–H groups in total. The average molecular weight is 301 g/mol. The largest absolute Gasteiger partial charge is 0.269 e. The van der Waals surface area contributed by atoms with Gasteiger partial charge in [0.25, 0.3) is 0 Å². The van der Waals surface area contributed by atoms with E-state index in [4.69, 9.17) is 0 Å². The van der Waals surface area contributed by atoms with Gasteiger partial charge in [0.05, 0.1) is 0 Å². The number of halogens is 2. The lowest BCUT2D eigenvalue weighted by atomic mass is 10.0. The first-order valence-electron chi connectivity index (χ1n) is 4.92. The highest BCUT2D eigenvalue weighted by Gasteiger charge is 1.99. The highest BCUT2D eigenvalue weighted by atomic mass is 79.9. The van der Waals surface area contributed by atoms with Gasteiger partial charge < -0.3 is 0 Å². The van der Waals surface area contributed by atoms with Gasteiger partial charge in [-0.05, 0) is 39.7 Å². The molecule has 0 saturated heterocycles. The van der Waals surface area contributed by atoms with Crippen molar-refractivity contribution in [1.82, 2.24) is 0 Å². The van der Waals surface area contributed by atoms with Gasteiger partial charge in [-0.1, -0.05) is 52.3 Å². The van der Waals surface area contributed by atoms with Crippen LogP contribution in [-0.4, -0.2) is 23.1 Å². The molecule has 0 atom stereocenters. The Balaban J connectivity index is 0.000000722. The molecule has 0 aliphatic carbocycles. The molecule has 0 aliphatic rings. The lowest BCUT2D eigenvalue weighted by molar-refractivity contribution is 1.11. The Kier molecular flexibility index (Phi) is 4.92. The Morgan fingerprint density at radius 3 is 2.00 bits per heavy atom. The quantitative estimate of drug-likeness (QED) is 0.423. The second-order valence-electron chi connectivity index (χ2n) is 3.66. The van der Waals surface area contributed by atoms with E-state index in [9.17, 15) is 0 Å². The maximum atomic E-state index is 3.58. The second kappa shape index (κ2) is 5.80. The predicted molar refractivity (Wildman–Crippen MR) is 77.4 cm³/mol. The minimum absolute atomic E-state index is 0. The fourth-order valence-electron chi connectivity index (χ4n) is 1.93. The van der Waals surface area contributed by atoms with Crippen LogP contribution in [0.4, 0.5) is 4.70 Å². The zero-order valence-electron chi connectivity index (χ0n) is 9.19. The van der Waals surface area contributed by atoms with Crippen molar-refractivity contribution in [2.75, 3.05) is 0 Å². The molecule has 0 aliphatic heterocycles. The molecule has 17 heavy (non-hydrogen) atoms. The van der Waals surface area contributed by atoms with Gasteiger partial charge in [0.15, 0.2) is 0 Å². The Labute approximate surface area is 124 Å². The summed E-state index contributed by atoms with van der Waals surface area (Å²) < 4.78 is 1.16. The topological polar surface area (TPSA) is 0 Å². The summed E-state index contributed by atoms with van der Waals surface area (Å²) in [4.78, 5) is 0. The van der Waals surface area contributed by atoms with Crippen molar-refractivity contribution in [1.29, 1.82) is 0 Å². The maximum Gasteiger partial charge on any atom is 0.0253 e. The van der Waals surface area contributed by atoms with Crippen molar-refractivity contribution in [2.45, 2.75) is 0 Å². The molecule has 3 rings (SSSR count). The summed E-state index contributed by atoms with van der Waals surface area (Å²) in [7, 11) is 0. The third-order valence-electron chi connectivity index (χ3n) is 2.69. The summed E-state index contributed by atoms with van der Waals surface area (Å²) >= 11 is 3.58. The predicted octanol–water partition coefficient (Wildman–Crippen LogP) is 4.53. The third kappa shape index (κ3) is 2.62. The van der Waals surface area contributed by atoms with Gasteiger partial charge in [0.2, 0.25) is 0 Å². The molecule has 3 aromatic carbocycles. The number of fused-ring (bicyclic) bond motifs is 2. The van der Waals surface area contributed by atoms with E-state index in [1.54, 1.807) is 0 Å². The standard InChI is InChI=1S/C14H9Br.FH.Mg/c15-14-7-3-6-12-8-10-4-1-2-5-11(10)9-13(12)14;;/h1-9H;1H;. The zero-order valence-corrected chi connectivity index (χ0v) is 12.2. The zero-order chi connectivity index (χ0) is 10.3. The molecule has 0 nitrogen and oxygen atoms in total. The monoisotopic (exact) mass is 300 g/mol. The molecule has 0 saturated carbocycles. The van der Waals surface area contributed by atoms with Gasteiger partial charge in [-0.15, -0.1) is 0 Å². The lowest BCUT2D eigenvalue weighted by Crippen LogP contribution is -1.76. The molecule has 0 spiro atoms. The molecular weight excluding hydrogens is 291 g/mol. The minimum Gasteiger partial charge on any atom is -0.269 e. The highest BCUT2D eigenvalue weighted by molar-refractivity contribution is 9.10.